The van der Waals surface area contributed by atoms with Gasteiger partial charge in [0.25, 0.3) is 0 Å². The number of ether oxygens (including phenoxy) is 3. The van der Waals surface area contributed by atoms with E-state index < -0.39 is 29.4 Å². The van der Waals surface area contributed by atoms with Crippen LogP contribution < -0.4 is 0 Å². The van der Waals surface area contributed by atoms with Crippen LogP contribution >= 0.6 is 0 Å². The van der Waals surface area contributed by atoms with Crippen LogP contribution in [0.1, 0.15) is 93.7 Å². The third-order valence-corrected chi connectivity index (χ3v) is 8.15. The van der Waals surface area contributed by atoms with Crippen molar-refractivity contribution in [3.8, 4) is 6.07 Å². The molecule has 2 saturated carbocycles. The molecular weight excluding hydrogens is 571 g/mol. The number of nitriles is 1. The van der Waals surface area contributed by atoms with Crippen molar-refractivity contribution in [2.45, 2.75) is 83.2 Å². The highest BCUT2D eigenvalue weighted by molar-refractivity contribution is 5.87. The smallest absolute Gasteiger partial charge is 0.335 e. The fourth-order valence-corrected chi connectivity index (χ4v) is 5.49. The van der Waals surface area contributed by atoms with Gasteiger partial charge in [0.15, 0.2) is 24.2 Å². The normalized spacial score (nSPS) is 21.2. The molecule has 0 unspecified atom stereocenters. The van der Waals surface area contributed by atoms with Gasteiger partial charge in [0, 0.05) is 11.1 Å². The van der Waals surface area contributed by atoms with Gasteiger partial charge in [-0.25, -0.2) is 22.8 Å². The Labute approximate surface area is 257 Å². The second-order valence-electron chi connectivity index (χ2n) is 11.6. The summed E-state index contributed by atoms with van der Waals surface area (Å²) in [6.45, 7) is 10.6. The van der Waals surface area contributed by atoms with Gasteiger partial charge in [-0.2, -0.15) is 5.26 Å². The molecule has 2 aromatic carbocycles. The maximum Gasteiger partial charge on any atom is 0.335 e. The van der Waals surface area contributed by atoms with Crippen molar-refractivity contribution in [1.82, 2.24) is 0 Å². The Hall–Kier alpha value is -3.90. The number of hydrogen-bond donors (Lipinski definition) is 0. The Morgan fingerprint density at radius 1 is 0.795 bits per heavy atom. The molecule has 0 saturated heterocycles. The predicted octanol–water partition coefficient (Wildman–Crippen LogP) is 8.17. The van der Waals surface area contributed by atoms with Crippen LogP contribution in [0.25, 0.3) is 0 Å². The van der Waals surface area contributed by atoms with Gasteiger partial charge in [-0.15, -0.1) is 0 Å². The van der Waals surface area contributed by atoms with Crippen molar-refractivity contribution in [1.29, 1.82) is 5.26 Å². The highest BCUT2D eigenvalue weighted by Crippen LogP contribution is 2.37. The average molecular weight is 612 g/mol. The lowest BCUT2D eigenvalue weighted by molar-refractivity contribution is -0.157. The van der Waals surface area contributed by atoms with Gasteiger partial charge >= 0.3 is 11.9 Å². The minimum absolute atomic E-state index is 0.00209. The third kappa shape index (κ3) is 10.4. The molecule has 2 aromatic rings. The molecule has 4 rings (SSSR count). The minimum Gasteiger partial charge on any atom is -0.462 e. The summed E-state index contributed by atoms with van der Waals surface area (Å²) < 4.78 is 55.2. The molecule has 0 radical (unpaired) electrons. The van der Waals surface area contributed by atoms with Crippen LogP contribution in [-0.2, 0) is 23.8 Å². The first kappa shape index (κ1) is 34.6. The number of carbonyl (C=O) groups excluding carboxylic acids is 2. The van der Waals surface area contributed by atoms with Crippen LogP contribution in [0.5, 0.6) is 0 Å². The molecule has 0 aliphatic heterocycles. The quantitative estimate of drug-likeness (QED) is 0.123. The van der Waals surface area contributed by atoms with Crippen LogP contribution in [0.4, 0.5) is 13.2 Å². The van der Waals surface area contributed by atoms with E-state index >= 15 is 0 Å². The van der Waals surface area contributed by atoms with Crippen molar-refractivity contribution in [2.75, 3.05) is 13.4 Å². The molecule has 0 atom stereocenters. The topological polar surface area (TPSA) is 85.6 Å². The third-order valence-electron chi connectivity index (χ3n) is 8.15. The fraction of sp³-hybridized carbons (Fsp3) is 0.457. The molecule has 0 N–H and O–H groups in total. The zero-order chi connectivity index (χ0) is 32.2. The van der Waals surface area contributed by atoms with Crippen LogP contribution in [0.3, 0.4) is 0 Å². The molecule has 2 fully saturated rings. The van der Waals surface area contributed by atoms with Gasteiger partial charge in [0.2, 0.25) is 0 Å². The molecule has 0 heterocycles. The maximum absolute atomic E-state index is 13.3. The first-order valence-corrected chi connectivity index (χ1v) is 14.9. The number of carbonyl (C=O) groups is 2. The summed E-state index contributed by atoms with van der Waals surface area (Å²) in [7, 11) is 0. The lowest BCUT2D eigenvalue weighted by Crippen LogP contribution is -2.23. The van der Waals surface area contributed by atoms with Crippen molar-refractivity contribution >= 4 is 11.9 Å². The standard InChI is InChI=1S/C18H21NO3.C17H19F3O2/c1-13(2)18(20)22-12-21-17-9-7-16(8-10-17)15-5-3-14(11-19)4-6-15;1-10(2)17(21)22-9-11-3-5-12(6-4-11)13-7-14(18)16(20)15(19)8-13/h3-6,16-17H,1,7-10,12H2,2H3;7-8,11-12H,1,3-6,9H2,2H3. The van der Waals surface area contributed by atoms with Gasteiger partial charge < -0.3 is 14.2 Å². The molecule has 0 spiro atoms. The zero-order valence-corrected chi connectivity index (χ0v) is 25.4. The summed E-state index contributed by atoms with van der Waals surface area (Å²) in [6.07, 6.45) is 7.22. The van der Waals surface area contributed by atoms with E-state index in [1.54, 1.807) is 13.8 Å². The van der Waals surface area contributed by atoms with Crippen molar-refractivity contribution in [3.05, 3.63) is 94.8 Å². The van der Waals surface area contributed by atoms with E-state index in [2.05, 4.69) is 19.2 Å². The van der Waals surface area contributed by atoms with E-state index in [0.29, 0.717) is 34.8 Å². The first-order valence-electron chi connectivity index (χ1n) is 14.9. The molecule has 0 aromatic heterocycles. The number of rotatable bonds is 9. The fourth-order valence-electron chi connectivity index (χ4n) is 5.49. The number of hydrogen-bond acceptors (Lipinski definition) is 6. The second-order valence-corrected chi connectivity index (χ2v) is 11.6. The molecule has 44 heavy (non-hydrogen) atoms. The lowest BCUT2D eigenvalue weighted by atomic mass is 9.79. The summed E-state index contributed by atoms with van der Waals surface area (Å²) in [4.78, 5) is 22.6. The SMILES string of the molecule is C=C(C)C(=O)OCC1CCC(c2cc(F)c(F)c(F)c2)CC1.C=C(C)C(=O)OCOC1CCC(c2ccc(C#N)cc2)CC1. The van der Waals surface area contributed by atoms with E-state index in [1.807, 2.05) is 24.3 Å². The first-order chi connectivity index (χ1) is 21.0. The number of benzene rings is 2. The van der Waals surface area contributed by atoms with Gasteiger partial charge in [0.05, 0.1) is 24.3 Å². The summed E-state index contributed by atoms with van der Waals surface area (Å²) >= 11 is 0. The Bertz CT molecular complexity index is 1330. The largest absolute Gasteiger partial charge is 0.462 e. The van der Waals surface area contributed by atoms with Gasteiger partial charge in [-0.05, 0) is 118 Å². The van der Waals surface area contributed by atoms with Gasteiger partial charge in [-0.1, -0.05) is 25.3 Å². The summed E-state index contributed by atoms with van der Waals surface area (Å²) in [5.74, 6) is -3.75. The molecule has 9 heteroatoms. The number of halogens is 3. The molecule has 0 bridgehead atoms. The minimum atomic E-state index is -1.43. The van der Waals surface area contributed by atoms with E-state index in [4.69, 9.17) is 19.5 Å². The second kappa shape index (κ2) is 16.8. The average Bonchev–Trinajstić information content (AvgIpc) is 3.03. The van der Waals surface area contributed by atoms with E-state index in [-0.39, 0.29) is 24.7 Å². The Morgan fingerprint density at radius 2 is 1.30 bits per heavy atom. The molecule has 236 valence electrons. The van der Waals surface area contributed by atoms with Crippen LogP contribution in [0, 0.1) is 34.7 Å². The van der Waals surface area contributed by atoms with Gasteiger partial charge in [0.1, 0.15) is 0 Å². The Balaban J connectivity index is 0.000000240. The van der Waals surface area contributed by atoms with Crippen LogP contribution in [0.2, 0.25) is 0 Å². The van der Waals surface area contributed by atoms with Crippen molar-refractivity contribution in [3.63, 3.8) is 0 Å². The van der Waals surface area contributed by atoms with Crippen LogP contribution in [-0.4, -0.2) is 31.4 Å². The molecular formula is C35H40F3NO5. The highest BCUT2D eigenvalue weighted by Gasteiger charge is 2.26. The molecule has 6 nitrogen and oxygen atoms in total. The zero-order valence-electron chi connectivity index (χ0n) is 25.4. The monoisotopic (exact) mass is 611 g/mol. The van der Waals surface area contributed by atoms with Crippen molar-refractivity contribution in [2.24, 2.45) is 5.92 Å². The molecule has 0 amide bonds. The summed E-state index contributed by atoms with van der Waals surface area (Å²) in [5, 5.41) is 8.82. The number of esters is 2. The summed E-state index contributed by atoms with van der Waals surface area (Å²) in [5.41, 5.74) is 3.22. The maximum atomic E-state index is 13.3. The molecule has 2 aliphatic rings. The Kier molecular flexibility index (Phi) is 13.2. The van der Waals surface area contributed by atoms with E-state index in [1.165, 1.54) is 5.56 Å². The molecule has 2 aliphatic carbocycles. The number of nitrogens with zero attached hydrogens (tertiary/aromatic N) is 1. The predicted molar refractivity (Wildman–Crippen MR) is 160 cm³/mol. The van der Waals surface area contributed by atoms with E-state index in [0.717, 1.165) is 63.5 Å². The summed E-state index contributed by atoms with van der Waals surface area (Å²) in [6, 6.07) is 12.1. The Morgan fingerprint density at radius 3 is 1.82 bits per heavy atom. The lowest BCUT2D eigenvalue weighted by Gasteiger charge is -2.28. The highest BCUT2D eigenvalue weighted by atomic mass is 19.2. The van der Waals surface area contributed by atoms with Crippen molar-refractivity contribution < 1.29 is 37.0 Å². The van der Waals surface area contributed by atoms with E-state index in [9.17, 15) is 22.8 Å². The van der Waals surface area contributed by atoms with Gasteiger partial charge in [-0.3, -0.25) is 0 Å². The van der Waals surface area contributed by atoms with Crippen LogP contribution in [0.15, 0.2) is 60.7 Å².